The Hall–Kier alpha value is -2.88. The molecule has 0 heterocycles. The molecule has 5 rings (SSSR count). The molecule has 0 spiro atoms. The van der Waals surface area contributed by atoms with Gasteiger partial charge in [-0.3, -0.25) is 18.3 Å². The molecular weight excluding hydrogens is 684 g/mol. The summed E-state index contributed by atoms with van der Waals surface area (Å²) in [4.78, 5) is 0. The Kier molecular flexibility index (Phi) is 11.6. The second kappa shape index (κ2) is 15.3. The van der Waals surface area contributed by atoms with E-state index in [1.807, 2.05) is 0 Å². The zero-order chi connectivity index (χ0) is 34.4. The van der Waals surface area contributed by atoms with Gasteiger partial charge in [0.2, 0.25) is 0 Å². The first-order valence-corrected chi connectivity index (χ1v) is 22.4. The molecule has 4 aromatic carbocycles. The molecule has 4 aromatic rings. The van der Waals surface area contributed by atoms with Gasteiger partial charge in [0.15, 0.2) is 0 Å². The predicted molar refractivity (Wildman–Crippen MR) is 195 cm³/mol. The lowest BCUT2D eigenvalue weighted by Gasteiger charge is -2.42. The maximum Gasteiger partial charge on any atom is 0.263 e. The standard InChI is InChI=1S/C36H40O8P4/c1-5-41-45(37,29-21-13-9-14-22-29)33-34(46(38,42-6-2)30-23-15-10-16-24-30)36(48(40,44-8-4)32-27-19-12-20-28-32)35(33)47(39,43-7-3)31-25-17-11-18-26-31/h9-28H,5-8H2,1-4H3. The SMILES string of the molecule is CCOP(=O)(C1=C(P(=O)(OCC)c2ccccc2)C(P(=O)(OCC)c2ccccc2)=C1P(=O)(OCC)c1ccccc1)c1ccccc1. The molecule has 0 N–H and O–H groups in total. The van der Waals surface area contributed by atoms with Crippen LogP contribution in [0.4, 0.5) is 0 Å². The molecule has 1 aliphatic carbocycles. The molecule has 0 bridgehead atoms. The van der Waals surface area contributed by atoms with Crippen LogP contribution in [-0.4, -0.2) is 26.4 Å². The molecule has 8 nitrogen and oxygen atoms in total. The maximum absolute atomic E-state index is 15.8. The summed E-state index contributed by atoms with van der Waals surface area (Å²) in [5.41, 5.74) is 0. The van der Waals surface area contributed by atoms with Crippen LogP contribution in [0.25, 0.3) is 0 Å². The van der Waals surface area contributed by atoms with Crippen molar-refractivity contribution in [3.8, 4) is 0 Å². The largest absolute Gasteiger partial charge is 0.322 e. The predicted octanol–water partition coefficient (Wildman–Crippen LogP) is 8.98. The van der Waals surface area contributed by atoms with Crippen LogP contribution < -0.4 is 21.2 Å². The summed E-state index contributed by atoms with van der Waals surface area (Å²) >= 11 is 0. The van der Waals surface area contributed by atoms with Gasteiger partial charge in [-0.05, 0) is 76.2 Å². The molecule has 0 fully saturated rings. The lowest BCUT2D eigenvalue weighted by Crippen LogP contribution is -2.28. The second-order valence-corrected chi connectivity index (χ2v) is 19.9. The van der Waals surface area contributed by atoms with Gasteiger partial charge in [-0.2, -0.15) is 0 Å². The number of benzene rings is 4. The quantitative estimate of drug-likeness (QED) is 0.106. The number of allylic oxidation sites excluding steroid dienone is 4. The van der Waals surface area contributed by atoms with E-state index in [4.69, 9.17) is 18.1 Å². The van der Waals surface area contributed by atoms with Gasteiger partial charge >= 0.3 is 0 Å². The average molecular weight is 725 g/mol. The first-order valence-electron chi connectivity index (χ1n) is 15.9. The van der Waals surface area contributed by atoms with Crippen LogP contribution in [0, 0.1) is 0 Å². The van der Waals surface area contributed by atoms with E-state index in [0.717, 1.165) is 0 Å². The van der Waals surface area contributed by atoms with Gasteiger partial charge in [0.05, 0.1) is 47.7 Å². The topological polar surface area (TPSA) is 105 Å². The van der Waals surface area contributed by atoms with Crippen LogP contribution in [0.3, 0.4) is 0 Å². The zero-order valence-electron chi connectivity index (χ0n) is 27.4. The van der Waals surface area contributed by atoms with E-state index in [1.165, 1.54) is 0 Å². The fourth-order valence-corrected chi connectivity index (χ4v) is 18.3. The highest BCUT2D eigenvalue weighted by Crippen LogP contribution is 2.84. The summed E-state index contributed by atoms with van der Waals surface area (Å²) in [5.74, 6) is 0. The third-order valence-electron chi connectivity index (χ3n) is 7.70. The van der Waals surface area contributed by atoms with E-state index in [9.17, 15) is 0 Å². The van der Waals surface area contributed by atoms with Crippen LogP contribution in [0.1, 0.15) is 27.7 Å². The van der Waals surface area contributed by atoms with E-state index >= 15 is 18.3 Å². The Labute approximate surface area is 283 Å². The molecule has 0 aromatic heterocycles. The van der Waals surface area contributed by atoms with Gasteiger partial charge in [-0.15, -0.1) is 0 Å². The summed E-state index contributed by atoms with van der Waals surface area (Å²) < 4.78 is 87.8. The van der Waals surface area contributed by atoms with Gasteiger partial charge < -0.3 is 18.1 Å². The summed E-state index contributed by atoms with van der Waals surface area (Å²) in [6, 6.07) is 34.1. The van der Waals surface area contributed by atoms with Crippen molar-refractivity contribution in [1.82, 2.24) is 0 Å². The van der Waals surface area contributed by atoms with Crippen molar-refractivity contribution >= 4 is 50.7 Å². The van der Waals surface area contributed by atoms with Gasteiger partial charge in [0.1, 0.15) is 0 Å². The smallest absolute Gasteiger partial charge is 0.263 e. The van der Waals surface area contributed by atoms with Crippen molar-refractivity contribution in [3.63, 3.8) is 0 Å². The number of rotatable bonds is 16. The van der Waals surface area contributed by atoms with Crippen LogP contribution >= 0.6 is 29.5 Å². The Morgan fingerprint density at radius 3 is 0.646 bits per heavy atom. The Balaban J connectivity index is 2.04. The Bertz CT molecular complexity index is 1680. The fourth-order valence-electron chi connectivity index (χ4n) is 5.80. The van der Waals surface area contributed by atoms with Crippen molar-refractivity contribution in [3.05, 3.63) is 143 Å². The van der Waals surface area contributed by atoms with Crippen molar-refractivity contribution in [2.75, 3.05) is 26.4 Å². The molecule has 12 heteroatoms. The van der Waals surface area contributed by atoms with Crippen molar-refractivity contribution < 1.29 is 36.4 Å². The van der Waals surface area contributed by atoms with Gasteiger partial charge in [0.25, 0.3) is 29.5 Å². The minimum atomic E-state index is -4.25. The highest BCUT2D eigenvalue weighted by molar-refractivity contribution is 7.83. The first kappa shape index (κ1) is 36.4. The van der Waals surface area contributed by atoms with E-state index < -0.39 is 29.5 Å². The monoisotopic (exact) mass is 724 g/mol. The molecule has 252 valence electrons. The third kappa shape index (κ3) is 6.42. The maximum atomic E-state index is 15.8. The highest BCUT2D eigenvalue weighted by Gasteiger charge is 2.61. The fraction of sp³-hybridized carbons (Fsp3) is 0.222. The van der Waals surface area contributed by atoms with Crippen LogP contribution in [0.5, 0.6) is 0 Å². The number of hydrogen-bond acceptors (Lipinski definition) is 8. The van der Waals surface area contributed by atoms with Crippen LogP contribution in [0.15, 0.2) is 143 Å². The second-order valence-electron chi connectivity index (χ2n) is 10.6. The summed E-state index contributed by atoms with van der Waals surface area (Å²) in [5, 5.41) is 0.821. The van der Waals surface area contributed by atoms with Crippen molar-refractivity contribution in [1.29, 1.82) is 0 Å². The summed E-state index contributed by atoms with van der Waals surface area (Å²) in [6.07, 6.45) is 0. The minimum absolute atomic E-state index is 0.00190. The first-order chi connectivity index (χ1) is 23.2. The third-order valence-corrected chi connectivity index (χ3v) is 19.0. The molecule has 48 heavy (non-hydrogen) atoms. The molecular formula is C36H40O8P4. The molecule has 0 saturated heterocycles. The van der Waals surface area contributed by atoms with E-state index in [0.29, 0.717) is 0 Å². The molecule has 1 aliphatic rings. The zero-order valence-corrected chi connectivity index (χ0v) is 31.0. The lowest BCUT2D eigenvalue weighted by molar-refractivity contribution is 0.335. The molecule has 0 amide bonds. The van der Waals surface area contributed by atoms with Crippen LogP contribution in [-0.2, 0) is 36.4 Å². The lowest BCUT2D eigenvalue weighted by atomic mass is 10.3. The average Bonchev–Trinajstić information content (AvgIpc) is 3.10. The normalized spacial score (nSPS) is 18.2. The van der Waals surface area contributed by atoms with E-state index in [-0.39, 0.29) is 68.9 Å². The summed E-state index contributed by atoms with van der Waals surface area (Å²) in [6.45, 7) is 6.81. The van der Waals surface area contributed by atoms with Crippen molar-refractivity contribution in [2.24, 2.45) is 0 Å². The van der Waals surface area contributed by atoms with E-state index in [2.05, 4.69) is 0 Å². The molecule has 0 saturated carbocycles. The van der Waals surface area contributed by atoms with E-state index in [1.54, 1.807) is 149 Å². The molecule has 0 aliphatic heterocycles. The van der Waals surface area contributed by atoms with Crippen LogP contribution in [0.2, 0.25) is 0 Å². The van der Waals surface area contributed by atoms with Gasteiger partial charge in [0, 0.05) is 21.2 Å². The van der Waals surface area contributed by atoms with Crippen molar-refractivity contribution in [2.45, 2.75) is 27.7 Å². The molecule has 4 atom stereocenters. The minimum Gasteiger partial charge on any atom is -0.322 e. The van der Waals surface area contributed by atoms with Gasteiger partial charge in [-0.25, -0.2) is 0 Å². The molecule has 0 radical (unpaired) electrons. The Morgan fingerprint density at radius 1 is 0.333 bits per heavy atom. The Morgan fingerprint density at radius 2 is 0.500 bits per heavy atom. The van der Waals surface area contributed by atoms with Gasteiger partial charge in [-0.1, -0.05) is 72.8 Å². The number of hydrogen-bond donors (Lipinski definition) is 0. The summed E-state index contributed by atoms with van der Waals surface area (Å²) in [7, 11) is -17.0. The molecule has 4 unspecified atom stereocenters. The highest BCUT2D eigenvalue weighted by atomic mass is 31.2.